The van der Waals surface area contributed by atoms with Gasteiger partial charge in [-0.3, -0.25) is 10.2 Å². The number of hydrogen-bond acceptors (Lipinski definition) is 4. The number of nitrogens with zero attached hydrogens (tertiary/aromatic N) is 3. The molecule has 7 heteroatoms. The van der Waals surface area contributed by atoms with E-state index in [-0.39, 0.29) is 11.7 Å². The predicted octanol–water partition coefficient (Wildman–Crippen LogP) is 6.10. The number of amides is 1. The third-order valence-corrected chi connectivity index (χ3v) is 8.32. The van der Waals surface area contributed by atoms with Crippen molar-refractivity contribution in [3.63, 3.8) is 0 Å². The van der Waals surface area contributed by atoms with Gasteiger partial charge in [-0.1, -0.05) is 91.0 Å². The Morgan fingerprint density at radius 3 is 2.18 bits per heavy atom. The van der Waals surface area contributed by atoms with Gasteiger partial charge in [-0.25, -0.2) is 4.98 Å². The number of nitrogens with two attached hydrogens (primary N) is 2. The summed E-state index contributed by atoms with van der Waals surface area (Å²) in [4.78, 5) is 20.7. The van der Waals surface area contributed by atoms with Crippen LogP contribution in [0.1, 0.15) is 38.4 Å². The van der Waals surface area contributed by atoms with E-state index in [4.69, 9.17) is 21.9 Å². The van der Waals surface area contributed by atoms with E-state index in [1.54, 1.807) is 0 Å². The Morgan fingerprint density at radius 1 is 0.733 bits per heavy atom. The van der Waals surface area contributed by atoms with E-state index in [0.29, 0.717) is 25.2 Å². The van der Waals surface area contributed by atoms with Crippen molar-refractivity contribution in [3.8, 4) is 0 Å². The molecule has 0 bridgehead atoms. The minimum atomic E-state index is -0.0542. The van der Waals surface area contributed by atoms with Crippen molar-refractivity contribution in [2.24, 2.45) is 11.5 Å². The average molecular weight is 595 g/mol. The van der Waals surface area contributed by atoms with Crippen LogP contribution in [0.5, 0.6) is 0 Å². The molecule has 226 valence electrons. The van der Waals surface area contributed by atoms with Crippen molar-refractivity contribution in [2.75, 3.05) is 13.1 Å². The number of fused-ring (bicyclic) bond motifs is 2. The molecule has 0 saturated heterocycles. The predicted molar refractivity (Wildman–Crippen MR) is 182 cm³/mol. The van der Waals surface area contributed by atoms with Gasteiger partial charge < -0.3 is 20.9 Å². The maximum atomic E-state index is 13.8. The Labute approximate surface area is 263 Å². The van der Waals surface area contributed by atoms with Gasteiger partial charge in [0.2, 0.25) is 0 Å². The maximum Gasteiger partial charge on any atom is 0.254 e. The molecule has 0 spiro atoms. The van der Waals surface area contributed by atoms with Crippen molar-refractivity contribution in [1.29, 1.82) is 5.41 Å². The Hall–Kier alpha value is -5.27. The van der Waals surface area contributed by atoms with Gasteiger partial charge in [-0.05, 0) is 64.6 Å². The first-order chi connectivity index (χ1) is 22.0. The standard InChI is InChI=1S/C38H38N6O/c39-21-23-43(26-29-12-14-30-8-4-5-9-32(30)24-29)38(45)33-17-18-35-34(25-33)42-36(44(35)22-20-27-6-2-1-3-7-27)19-13-28-10-15-31(16-11-28)37(40)41/h1-12,14-18,24-25H,13,19-23,26,39H2,(H3,40,41). The summed E-state index contributed by atoms with van der Waals surface area (Å²) in [6, 6.07) is 38.7. The number of benzene rings is 5. The molecule has 1 aromatic heterocycles. The highest BCUT2D eigenvalue weighted by Gasteiger charge is 2.19. The number of carbonyl (C=O) groups is 1. The lowest BCUT2D eigenvalue weighted by Gasteiger charge is -2.22. The van der Waals surface area contributed by atoms with Crippen molar-refractivity contribution < 1.29 is 4.79 Å². The molecule has 0 aliphatic heterocycles. The summed E-state index contributed by atoms with van der Waals surface area (Å²) in [6.07, 6.45) is 2.42. The van der Waals surface area contributed by atoms with Crippen LogP contribution in [-0.2, 0) is 32.4 Å². The van der Waals surface area contributed by atoms with Crippen LogP contribution in [0.25, 0.3) is 21.8 Å². The fourth-order valence-electron chi connectivity index (χ4n) is 5.89. The smallest absolute Gasteiger partial charge is 0.254 e. The number of aryl methyl sites for hydroxylation is 4. The molecule has 5 N–H and O–H groups in total. The summed E-state index contributed by atoms with van der Waals surface area (Å²) in [6.45, 7) is 2.11. The van der Waals surface area contributed by atoms with Crippen LogP contribution < -0.4 is 11.5 Å². The SMILES string of the molecule is N=C(N)c1ccc(CCc2nc3cc(C(=O)N(CCN)Cc4ccc5ccccc5c4)ccc3n2CCc2ccccc2)cc1. The topological polar surface area (TPSA) is 114 Å². The average Bonchev–Trinajstić information content (AvgIpc) is 3.43. The third-order valence-electron chi connectivity index (χ3n) is 8.32. The second kappa shape index (κ2) is 13.6. The van der Waals surface area contributed by atoms with E-state index in [1.165, 1.54) is 10.9 Å². The Balaban J connectivity index is 1.27. The molecule has 1 heterocycles. The van der Waals surface area contributed by atoms with Gasteiger partial charge >= 0.3 is 0 Å². The van der Waals surface area contributed by atoms with Crippen molar-refractivity contribution >= 4 is 33.5 Å². The Bertz CT molecular complexity index is 1950. The molecule has 6 rings (SSSR count). The first-order valence-electron chi connectivity index (χ1n) is 15.4. The highest BCUT2D eigenvalue weighted by atomic mass is 16.2. The van der Waals surface area contributed by atoms with Crippen molar-refractivity contribution in [1.82, 2.24) is 14.5 Å². The summed E-state index contributed by atoms with van der Waals surface area (Å²) < 4.78 is 2.28. The first-order valence-corrected chi connectivity index (χ1v) is 15.4. The largest absolute Gasteiger partial charge is 0.384 e. The molecule has 0 unspecified atom stereocenters. The maximum absolute atomic E-state index is 13.8. The molecule has 0 radical (unpaired) electrons. The van der Waals surface area contributed by atoms with Crippen molar-refractivity contribution in [3.05, 3.63) is 149 Å². The summed E-state index contributed by atoms with van der Waals surface area (Å²) in [7, 11) is 0. The molecule has 0 atom stereocenters. The van der Waals surface area contributed by atoms with Gasteiger partial charge in [-0.15, -0.1) is 0 Å². The number of hydrogen-bond donors (Lipinski definition) is 3. The van der Waals surface area contributed by atoms with Crippen LogP contribution in [0.15, 0.2) is 115 Å². The number of carbonyl (C=O) groups excluding carboxylic acids is 1. The molecular formula is C38H38N6O. The van der Waals surface area contributed by atoms with E-state index >= 15 is 0 Å². The summed E-state index contributed by atoms with van der Waals surface area (Å²) in [5.41, 5.74) is 18.2. The highest BCUT2D eigenvalue weighted by molar-refractivity contribution is 5.97. The molecule has 0 aliphatic rings. The molecule has 0 aliphatic carbocycles. The van der Waals surface area contributed by atoms with Crippen molar-refractivity contribution in [2.45, 2.75) is 32.4 Å². The zero-order chi connectivity index (χ0) is 31.2. The van der Waals surface area contributed by atoms with Crippen LogP contribution in [-0.4, -0.2) is 39.3 Å². The van der Waals surface area contributed by atoms with Gasteiger partial charge in [0.1, 0.15) is 11.7 Å². The third kappa shape index (κ3) is 6.95. The Morgan fingerprint density at radius 2 is 1.42 bits per heavy atom. The molecule has 0 saturated carbocycles. The summed E-state index contributed by atoms with van der Waals surface area (Å²) in [5, 5.41) is 9.99. The summed E-state index contributed by atoms with van der Waals surface area (Å²) in [5.74, 6) is 0.995. The number of nitrogen functional groups attached to an aromatic ring is 1. The summed E-state index contributed by atoms with van der Waals surface area (Å²) >= 11 is 0. The van der Waals surface area contributed by atoms with Gasteiger partial charge in [0, 0.05) is 43.7 Å². The van der Waals surface area contributed by atoms with E-state index < -0.39 is 0 Å². The van der Waals surface area contributed by atoms with E-state index in [0.717, 1.165) is 64.7 Å². The monoisotopic (exact) mass is 594 g/mol. The van der Waals surface area contributed by atoms with Gasteiger partial charge in [0.05, 0.1) is 11.0 Å². The minimum Gasteiger partial charge on any atom is -0.384 e. The fourth-order valence-corrected chi connectivity index (χ4v) is 5.89. The number of rotatable bonds is 12. The molecule has 1 amide bonds. The van der Waals surface area contributed by atoms with Gasteiger partial charge in [0.15, 0.2) is 0 Å². The van der Waals surface area contributed by atoms with Crippen LogP contribution in [0, 0.1) is 5.41 Å². The van der Waals surface area contributed by atoms with Crippen LogP contribution >= 0.6 is 0 Å². The van der Waals surface area contributed by atoms with E-state index in [2.05, 4.69) is 59.2 Å². The quantitative estimate of drug-likeness (QED) is 0.117. The fraction of sp³-hybridized carbons (Fsp3) is 0.184. The van der Waals surface area contributed by atoms with Gasteiger partial charge in [0.25, 0.3) is 5.91 Å². The lowest BCUT2D eigenvalue weighted by Crippen LogP contribution is -2.34. The molecule has 7 nitrogen and oxygen atoms in total. The van der Waals surface area contributed by atoms with Crippen LogP contribution in [0.4, 0.5) is 0 Å². The molecule has 0 fully saturated rings. The zero-order valence-corrected chi connectivity index (χ0v) is 25.3. The molecule has 6 aromatic rings. The zero-order valence-electron chi connectivity index (χ0n) is 25.3. The second-order valence-electron chi connectivity index (χ2n) is 11.4. The lowest BCUT2D eigenvalue weighted by molar-refractivity contribution is 0.0748. The molecular weight excluding hydrogens is 556 g/mol. The van der Waals surface area contributed by atoms with E-state index in [9.17, 15) is 4.79 Å². The lowest BCUT2D eigenvalue weighted by atomic mass is 10.1. The van der Waals surface area contributed by atoms with E-state index in [1.807, 2.05) is 65.6 Å². The first kappa shape index (κ1) is 29.8. The normalized spacial score (nSPS) is 11.2. The minimum absolute atomic E-state index is 0.0542. The number of amidine groups is 1. The van der Waals surface area contributed by atoms with Crippen LogP contribution in [0.2, 0.25) is 0 Å². The Kier molecular flexibility index (Phi) is 8.99. The van der Waals surface area contributed by atoms with Gasteiger partial charge in [-0.2, -0.15) is 0 Å². The number of imidazole rings is 1. The number of nitrogens with one attached hydrogen (secondary N) is 1. The highest BCUT2D eigenvalue weighted by Crippen LogP contribution is 2.23. The molecule has 5 aromatic carbocycles. The second-order valence-corrected chi connectivity index (χ2v) is 11.4. The van der Waals surface area contributed by atoms with Crippen LogP contribution in [0.3, 0.4) is 0 Å². The number of aromatic nitrogens is 2. The molecule has 45 heavy (non-hydrogen) atoms.